The Morgan fingerprint density at radius 3 is 2.40 bits per heavy atom. The van der Waals surface area contributed by atoms with Gasteiger partial charge in [0, 0.05) is 18.0 Å². The van der Waals surface area contributed by atoms with Crippen molar-refractivity contribution in [1.82, 2.24) is 10.2 Å². The number of aryl methyl sites for hydroxylation is 1. The Hall–Kier alpha value is -1.16. The third-order valence-electron chi connectivity index (χ3n) is 6.22. The average molecular weight is 458 g/mol. The van der Waals surface area contributed by atoms with Crippen LogP contribution >= 0.6 is 0 Å². The van der Waals surface area contributed by atoms with Gasteiger partial charge in [-0.2, -0.15) is 0 Å². The predicted molar refractivity (Wildman–Crippen MR) is 122 cm³/mol. The third kappa shape index (κ3) is 5.96. The Labute approximate surface area is 181 Å². The van der Waals surface area contributed by atoms with Crippen LogP contribution in [0.5, 0.6) is 0 Å². The standard InChI is InChI=1S/C21H35N3O4S2/c1-4-13-24(21(29(2,25)26)17-9-11-22-12-10-17)20-8-6-16-5-7-19(14-18(16)15-20)23-30(3,27)28/h5,7,14,17,20-23H,4,6,8-13,15H2,1-3H3. The summed E-state index contributed by atoms with van der Waals surface area (Å²) >= 11 is 0. The van der Waals surface area contributed by atoms with Crippen molar-refractivity contribution in [2.24, 2.45) is 5.92 Å². The van der Waals surface area contributed by atoms with Crippen LogP contribution in [0.15, 0.2) is 18.2 Å². The number of piperidine rings is 1. The van der Waals surface area contributed by atoms with E-state index in [0.29, 0.717) is 5.69 Å². The van der Waals surface area contributed by atoms with E-state index in [2.05, 4.69) is 21.9 Å². The summed E-state index contributed by atoms with van der Waals surface area (Å²) in [6.07, 6.45) is 7.72. The Morgan fingerprint density at radius 2 is 1.80 bits per heavy atom. The van der Waals surface area contributed by atoms with Gasteiger partial charge in [0.1, 0.15) is 5.37 Å². The molecule has 0 aromatic heterocycles. The van der Waals surface area contributed by atoms with Gasteiger partial charge in [0.2, 0.25) is 10.0 Å². The minimum atomic E-state index is -3.34. The van der Waals surface area contributed by atoms with E-state index in [-0.39, 0.29) is 12.0 Å². The molecule has 2 aliphatic rings. The van der Waals surface area contributed by atoms with Crippen LogP contribution in [0.25, 0.3) is 0 Å². The molecule has 0 radical (unpaired) electrons. The molecule has 1 aliphatic carbocycles. The Bertz CT molecular complexity index is 941. The van der Waals surface area contributed by atoms with Gasteiger partial charge in [-0.1, -0.05) is 13.0 Å². The van der Waals surface area contributed by atoms with Gasteiger partial charge >= 0.3 is 0 Å². The number of hydrogen-bond acceptors (Lipinski definition) is 6. The number of nitrogens with one attached hydrogen (secondary N) is 2. The molecule has 0 amide bonds. The molecule has 0 bridgehead atoms. The summed E-state index contributed by atoms with van der Waals surface area (Å²) in [6.45, 7) is 4.58. The van der Waals surface area contributed by atoms with Gasteiger partial charge in [-0.3, -0.25) is 9.62 Å². The highest BCUT2D eigenvalue weighted by molar-refractivity contribution is 7.92. The number of benzene rings is 1. The van der Waals surface area contributed by atoms with Gasteiger partial charge in [0.25, 0.3) is 0 Å². The van der Waals surface area contributed by atoms with Gasteiger partial charge < -0.3 is 5.32 Å². The summed E-state index contributed by atoms with van der Waals surface area (Å²) < 4.78 is 51.6. The van der Waals surface area contributed by atoms with Crippen LogP contribution in [0.2, 0.25) is 0 Å². The molecule has 2 unspecified atom stereocenters. The van der Waals surface area contributed by atoms with Gasteiger partial charge in [0.15, 0.2) is 9.84 Å². The lowest BCUT2D eigenvalue weighted by Gasteiger charge is -2.43. The highest BCUT2D eigenvalue weighted by atomic mass is 32.2. The van der Waals surface area contributed by atoms with E-state index in [1.165, 1.54) is 11.8 Å². The first-order valence-electron chi connectivity index (χ1n) is 10.8. The van der Waals surface area contributed by atoms with E-state index in [1.54, 1.807) is 6.07 Å². The van der Waals surface area contributed by atoms with Crippen molar-refractivity contribution in [3.63, 3.8) is 0 Å². The first-order chi connectivity index (χ1) is 14.1. The number of hydrogen-bond donors (Lipinski definition) is 2. The van der Waals surface area contributed by atoms with Gasteiger partial charge in [-0.15, -0.1) is 0 Å². The van der Waals surface area contributed by atoms with Crippen molar-refractivity contribution in [2.75, 3.05) is 36.9 Å². The predicted octanol–water partition coefficient (Wildman–Crippen LogP) is 2.00. The fraction of sp³-hybridized carbons (Fsp3) is 0.714. The molecular formula is C21H35N3O4S2. The molecule has 0 saturated carbocycles. The minimum Gasteiger partial charge on any atom is -0.317 e. The van der Waals surface area contributed by atoms with Crippen molar-refractivity contribution in [1.29, 1.82) is 0 Å². The smallest absolute Gasteiger partial charge is 0.229 e. The van der Waals surface area contributed by atoms with Crippen molar-refractivity contribution in [3.05, 3.63) is 29.3 Å². The van der Waals surface area contributed by atoms with Crippen LogP contribution < -0.4 is 10.0 Å². The van der Waals surface area contributed by atoms with Crippen molar-refractivity contribution < 1.29 is 16.8 Å². The quantitative estimate of drug-likeness (QED) is 0.620. The Kier molecular flexibility index (Phi) is 7.48. The zero-order chi connectivity index (χ0) is 21.9. The molecule has 1 aromatic carbocycles. The highest BCUT2D eigenvalue weighted by Gasteiger charge is 2.39. The van der Waals surface area contributed by atoms with Gasteiger partial charge in [0.05, 0.1) is 6.26 Å². The summed E-state index contributed by atoms with van der Waals surface area (Å²) in [7, 11) is -6.57. The lowest BCUT2D eigenvalue weighted by atomic mass is 9.86. The second-order valence-electron chi connectivity index (χ2n) is 8.80. The minimum absolute atomic E-state index is 0.139. The van der Waals surface area contributed by atoms with E-state index >= 15 is 0 Å². The molecule has 7 nitrogen and oxygen atoms in total. The maximum Gasteiger partial charge on any atom is 0.229 e. The second-order valence-corrected chi connectivity index (χ2v) is 12.7. The van der Waals surface area contributed by atoms with Crippen LogP contribution in [0, 0.1) is 5.92 Å². The van der Waals surface area contributed by atoms with Crippen LogP contribution in [-0.4, -0.2) is 65.3 Å². The molecule has 3 rings (SSSR count). The largest absolute Gasteiger partial charge is 0.317 e. The number of rotatable bonds is 8. The van der Waals surface area contributed by atoms with Crippen LogP contribution in [0.3, 0.4) is 0 Å². The SMILES string of the molecule is CCCN(C1CCc2ccc(NS(C)(=O)=O)cc2C1)C(C1CCNCC1)S(C)(=O)=O. The third-order valence-corrected chi connectivity index (χ3v) is 8.35. The molecule has 2 atom stereocenters. The van der Waals surface area contributed by atoms with Crippen molar-refractivity contribution in [3.8, 4) is 0 Å². The second kappa shape index (κ2) is 9.54. The molecule has 1 aliphatic heterocycles. The first kappa shape index (κ1) is 23.5. The number of anilines is 1. The fourth-order valence-electron chi connectivity index (χ4n) is 5.07. The average Bonchev–Trinajstić information content (AvgIpc) is 2.65. The molecule has 1 aromatic rings. The summed E-state index contributed by atoms with van der Waals surface area (Å²) in [5.41, 5.74) is 2.90. The zero-order valence-electron chi connectivity index (χ0n) is 18.2. The fourth-order valence-corrected chi connectivity index (χ4v) is 7.37. The molecule has 9 heteroatoms. The maximum absolute atomic E-state index is 12.9. The van der Waals surface area contributed by atoms with E-state index in [9.17, 15) is 16.8 Å². The molecule has 170 valence electrons. The number of fused-ring (bicyclic) bond motifs is 1. The van der Waals surface area contributed by atoms with Gasteiger partial charge in [-0.25, -0.2) is 16.8 Å². The van der Waals surface area contributed by atoms with E-state index < -0.39 is 25.2 Å². The lowest BCUT2D eigenvalue weighted by Crippen LogP contribution is -2.54. The van der Waals surface area contributed by atoms with E-state index in [4.69, 9.17) is 0 Å². The number of nitrogens with zero attached hydrogens (tertiary/aromatic N) is 1. The Morgan fingerprint density at radius 1 is 1.10 bits per heavy atom. The summed E-state index contributed by atoms with van der Waals surface area (Å²) in [5, 5.41) is 2.88. The molecular weight excluding hydrogens is 422 g/mol. The van der Waals surface area contributed by atoms with E-state index in [0.717, 1.165) is 70.0 Å². The normalized spacial score (nSPS) is 21.9. The summed E-state index contributed by atoms with van der Waals surface area (Å²) in [4.78, 5) is 2.24. The lowest BCUT2D eigenvalue weighted by molar-refractivity contribution is 0.114. The first-order valence-corrected chi connectivity index (χ1v) is 14.7. The maximum atomic E-state index is 12.9. The van der Waals surface area contributed by atoms with Crippen molar-refractivity contribution in [2.45, 2.75) is 56.9 Å². The van der Waals surface area contributed by atoms with Crippen LogP contribution in [-0.2, 0) is 32.7 Å². The molecule has 1 fully saturated rings. The summed E-state index contributed by atoms with van der Waals surface area (Å²) in [5.74, 6) is 0.146. The molecule has 1 saturated heterocycles. The topological polar surface area (TPSA) is 95.6 Å². The molecule has 2 N–H and O–H groups in total. The van der Waals surface area contributed by atoms with Crippen LogP contribution in [0.4, 0.5) is 5.69 Å². The molecule has 0 spiro atoms. The Balaban J connectivity index is 1.88. The number of sulfone groups is 1. The monoisotopic (exact) mass is 457 g/mol. The molecule has 30 heavy (non-hydrogen) atoms. The van der Waals surface area contributed by atoms with E-state index in [1.807, 2.05) is 12.1 Å². The van der Waals surface area contributed by atoms with Crippen molar-refractivity contribution >= 4 is 25.5 Å². The summed E-state index contributed by atoms with van der Waals surface area (Å²) in [6, 6.07) is 5.84. The zero-order valence-corrected chi connectivity index (χ0v) is 19.9. The van der Waals surface area contributed by atoms with Crippen LogP contribution in [0.1, 0.15) is 43.7 Å². The highest BCUT2D eigenvalue weighted by Crippen LogP contribution is 2.33. The molecule has 1 heterocycles. The van der Waals surface area contributed by atoms with Gasteiger partial charge in [-0.05, 0) is 87.3 Å². The number of sulfonamides is 1.